The molecule has 1 aliphatic heterocycles. The lowest BCUT2D eigenvalue weighted by molar-refractivity contribution is -0.0402. The van der Waals surface area contributed by atoms with Gasteiger partial charge in [-0.25, -0.2) is 0 Å². The molecule has 0 aromatic carbocycles. The lowest BCUT2D eigenvalue weighted by atomic mass is 9.96. The number of nitrogens with one attached hydrogen (secondary N) is 1. The fraction of sp³-hybridized carbons (Fsp3) is 1.00. The average Bonchev–Trinajstić information content (AvgIpc) is 2.97. The van der Waals surface area contributed by atoms with E-state index in [4.69, 9.17) is 4.74 Å². The molecule has 1 spiro atoms. The summed E-state index contributed by atoms with van der Waals surface area (Å²) in [5.41, 5.74) is 0.316. The summed E-state index contributed by atoms with van der Waals surface area (Å²) in [6.07, 6.45) is 12.4. The summed E-state index contributed by atoms with van der Waals surface area (Å²) in [5.74, 6) is 0.787. The first-order valence-corrected chi connectivity index (χ1v) is 8.55. The van der Waals surface area contributed by atoms with Crippen molar-refractivity contribution in [2.24, 2.45) is 5.92 Å². The molecular weight excluding hydrogens is 234 g/mol. The number of hydrogen-bond donors (Lipinski definition) is 1. The molecule has 2 fully saturated rings. The van der Waals surface area contributed by atoms with Crippen molar-refractivity contribution in [1.82, 2.24) is 5.32 Å². The van der Waals surface area contributed by atoms with Crippen molar-refractivity contribution in [3.05, 3.63) is 0 Å². The number of ether oxygens (including phenoxy) is 1. The van der Waals surface area contributed by atoms with Crippen LogP contribution in [0.3, 0.4) is 0 Å². The Morgan fingerprint density at radius 2 is 1.95 bits per heavy atom. The molecular formula is C17H33NO. The van der Waals surface area contributed by atoms with Crippen molar-refractivity contribution >= 4 is 0 Å². The first-order chi connectivity index (χ1) is 9.13. The maximum absolute atomic E-state index is 6.42. The first-order valence-electron chi connectivity index (χ1n) is 8.55. The minimum atomic E-state index is 0.316. The highest BCUT2D eigenvalue weighted by Crippen LogP contribution is 2.44. The monoisotopic (exact) mass is 267 g/mol. The van der Waals surface area contributed by atoms with Gasteiger partial charge in [0.2, 0.25) is 0 Å². The summed E-state index contributed by atoms with van der Waals surface area (Å²) in [6.45, 7) is 7.95. The molecule has 0 bridgehead atoms. The third kappa shape index (κ3) is 4.46. The van der Waals surface area contributed by atoms with Crippen LogP contribution in [-0.4, -0.2) is 24.3 Å². The largest absolute Gasteiger partial charge is 0.372 e. The van der Waals surface area contributed by atoms with E-state index in [0.29, 0.717) is 17.7 Å². The van der Waals surface area contributed by atoms with Crippen molar-refractivity contribution in [3.63, 3.8) is 0 Å². The molecule has 0 aromatic rings. The molecule has 2 atom stereocenters. The molecule has 0 amide bonds. The lowest BCUT2D eigenvalue weighted by Crippen LogP contribution is -2.31. The van der Waals surface area contributed by atoms with Crippen LogP contribution in [0.15, 0.2) is 0 Å². The standard InChI is InChI=1S/C17H33NO/c1-4-18-15(13-14(2)3)7-8-16-9-12-17(19-16)10-5-6-11-17/h14-16,18H,4-13H2,1-3H3. The van der Waals surface area contributed by atoms with Crippen molar-refractivity contribution in [3.8, 4) is 0 Å². The molecule has 112 valence electrons. The van der Waals surface area contributed by atoms with Gasteiger partial charge in [-0.15, -0.1) is 0 Å². The normalized spacial score (nSPS) is 27.5. The molecule has 2 aliphatic rings. The third-order valence-electron chi connectivity index (χ3n) is 4.94. The fourth-order valence-electron chi connectivity index (χ4n) is 4.03. The molecule has 2 rings (SSSR count). The van der Waals surface area contributed by atoms with Crippen LogP contribution < -0.4 is 5.32 Å². The van der Waals surface area contributed by atoms with Crippen molar-refractivity contribution in [2.45, 2.75) is 96.3 Å². The Bertz CT molecular complexity index is 258. The third-order valence-corrected chi connectivity index (χ3v) is 4.94. The van der Waals surface area contributed by atoms with E-state index in [0.717, 1.165) is 12.5 Å². The summed E-state index contributed by atoms with van der Waals surface area (Å²) in [5, 5.41) is 3.64. The van der Waals surface area contributed by atoms with Gasteiger partial charge < -0.3 is 10.1 Å². The van der Waals surface area contributed by atoms with Crippen LogP contribution in [0, 0.1) is 5.92 Å². The second-order valence-electron chi connectivity index (χ2n) is 7.13. The molecule has 2 heteroatoms. The fourth-order valence-corrected chi connectivity index (χ4v) is 4.03. The Kier molecular flexibility index (Phi) is 5.70. The highest BCUT2D eigenvalue weighted by atomic mass is 16.5. The van der Waals surface area contributed by atoms with Crippen LogP contribution in [-0.2, 0) is 4.74 Å². The van der Waals surface area contributed by atoms with E-state index >= 15 is 0 Å². The van der Waals surface area contributed by atoms with Crippen LogP contribution in [0.2, 0.25) is 0 Å². The molecule has 19 heavy (non-hydrogen) atoms. The maximum atomic E-state index is 6.42. The summed E-state index contributed by atoms with van der Waals surface area (Å²) < 4.78 is 6.42. The molecule has 0 radical (unpaired) electrons. The Labute approximate surface area is 119 Å². The maximum Gasteiger partial charge on any atom is 0.0687 e. The molecule has 1 saturated carbocycles. The van der Waals surface area contributed by atoms with Crippen LogP contribution in [0.25, 0.3) is 0 Å². The van der Waals surface area contributed by atoms with Gasteiger partial charge in [-0.05, 0) is 57.4 Å². The van der Waals surface area contributed by atoms with Gasteiger partial charge in [0.1, 0.15) is 0 Å². The second kappa shape index (κ2) is 7.08. The predicted octanol–water partition coefficient (Wildman–Crippen LogP) is 4.28. The van der Waals surface area contributed by atoms with Crippen molar-refractivity contribution in [2.75, 3.05) is 6.54 Å². The van der Waals surface area contributed by atoms with Crippen LogP contribution >= 0.6 is 0 Å². The Morgan fingerprint density at radius 1 is 1.21 bits per heavy atom. The van der Waals surface area contributed by atoms with Gasteiger partial charge in [0, 0.05) is 6.04 Å². The Morgan fingerprint density at radius 3 is 2.58 bits per heavy atom. The average molecular weight is 267 g/mol. The summed E-state index contributed by atoms with van der Waals surface area (Å²) in [6, 6.07) is 0.689. The minimum absolute atomic E-state index is 0.316. The molecule has 2 unspecified atom stereocenters. The summed E-state index contributed by atoms with van der Waals surface area (Å²) >= 11 is 0. The molecule has 1 aliphatic carbocycles. The zero-order valence-corrected chi connectivity index (χ0v) is 13.2. The van der Waals surface area contributed by atoms with E-state index < -0.39 is 0 Å². The van der Waals surface area contributed by atoms with Gasteiger partial charge in [-0.3, -0.25) is 0 Å². The molecule has 1 saturated heterocycles. The zero-order chi connectivity index (χ0) is 13.7. The van der Waals surface area contributed by atoms with Crippen LogP contribution in [0.1, 0.15) is 78.6 Å². The van der Waals surface area contributed by atoms with E-state index in [-0.39, 0.29) is 0 Å². The number of rotatable bonds is 7. The highest BCUT2D eigenvalue weighted by Gasteiger charge is 2.41. The van der Waals surface area contributed by atoms with E-state index in [9.17, 15) is 0 Å². The second-order valence-corrected chi connectivity index (χ2v) is 7.13. The molecule has 2 nitrogen and oxygen atoms in total. The minimum Gasteiger partial charge on any atom is -0.372 e. The predicted molar refractivity (Wildman–Crippen MR) is 81.5 cm³/mol. The highest BCUT2D eigenvalue weighted by molar-refractivity contribution is 4.93. The Balaban J connectivity index is 1.72. The van der Waals surface area contributed by atoms with Gasteiger partial charge in [0.15, 0.2) is 0 Å². The van der Waals surface area contributed by atoms with E-state index in [1.165, 1.54) is 57.8 Å². The lowest BCUT2D eigenvalue weighted by Gasteiger charge is -2.25. The van der Waals surface area contributed by atoms with E-state index in [1.54, 1.807) is 0 Å². The van der Waals surface area contributed by atoms with Gasteiger partial charge in [0.25, 0.3) is 0 Å². The molecule has 1 heterocycles. The number of hydrogen-bond acceptors (Lipinski definition) is 2. The van der Waals surface area contributed by atoms with Crippen LogP contribution in [0.5, 0.6) is 0 Å². The van der Waals surface area contributed by atoms with E-state index in [2.05, 4.69) is 26.1 Å². The zero-order valence-electron chi connectivity index (χ0n) is 13.2. The van der Waals surface area contributed by atoms with Crippen molar-refractivity contribution < 1.29 is 4.74 Å². The summed E-state index contributed by atoms with van der Waals surface area (Å²) in [4.78, 5) is 0. The van der Waals surface area contributed by atoms with Gasteiger partial charge in [-0.1, -0.05) is 33.6 Å². The van der Waals surface area contributed by atoms with E-state index in [1.807, 2.05) is 0 Å². The Hall–Kier alpha value is -0.0800. The molecule has 1 N–H and O–H groups in total. The summed E-state index contributed by atoms with van der Waals surface area (Å²) in [7, 11) is 0. The van der Waals surface area contributed by atoms with Crippen molar-refractivity contribution in [1.29, 1.82) is 0 Å². The smallest absolute Gasteiger partial charge is 0.0687 e. The SMILES string of the molecule is CCNC(CCC1CCC2(CCCC2)O1)CC(C)C. The quantitative estimate of drug-likeness (QED) is 0.743. The van der Waals surface area contributed by atoms with Gasteiger partial charge >= 0.3 is 0 Å². The van der Waals surface area contributed by atoms with Gasteiger partial charge in [-0.2, -0.15) is 0 Å². The molecule has 0 aromatic heterocycles. The first kappa shape index (κ1) is 15.3. The van der Waals surface area contributed by atoms with Crippen LogP contribution in [0.4, 0.5) is 0 Å². The van der Waals surface area contributed by atoms with Gasteiger partial charge in [0.05, 0.1) is 11.7 Å². The topological polar surface area (TPSA) is 21.3 Å².